The zero-order chi connectivity index (χ0) is 15.9. The van der Waals surface area contributed by atoms with E-state index >= 15 is 0 Å². The molecule has 0 aromatic heterocycles. The van der Waals surface area contributed by atoms with Crippen LogP contribution in [-0.2, 0) is 4.79 Å². The van der Waals surface area contributed by atoms with E-state index < -0.39 is 27.5 Å². The number of benzene rings is 1. The molecule has 1 aromatic carbocycles. The standard InChI is InChI=1S/C13H11BrN2O5/c1-6(2)10(11(14)17)15-12(18)8-4-3-7(16(20)21)5-9(8)13(15)19/h3-6,10H,1-2H3/t10-/m1/s1. The number of imide groups is 1. The summed E-state index contributed by atoms with van der Waals surface area (Å²) in [6.45, 7) is 3.41. The molecule has 0 bridgehead atoms. The van der Waals surface area contributed by atoms with Gasteiger partial charge in [-0.15, -0.1) is 0 Å². The summed E-state index contributed by atoms with van der Waals surface area (Å²) in [5, 5.41) is 10.8. The summed E-state index contributed by atoms with van der Waals surface area (Å²) in [4.78, 5) is 47.3. The molecular weight excluding hydrogens is 344 g/mol. The molecule has 0 unspecified atom stereocenters. The number of hydrogen-bond acceptors (Lipinski definition) is 5. The number of nitrogens with zero attached hydrogens (tertiary/aromatic N) is 2. The van der Waals surface area contributed by atoms with Gasteiger partial charge in [-0.05, 0) is 27.9 Å². The molecule has 1 aromatic rings. The zero-order valence-electron chi connectivity index (χ0n) is 11.2. The van der Waals surface area contributed by atoms with Crippen LogP contribution in [0.15, 0.2) is 18.2 Å². The van der Waals surface area contributed by atoms with Crippen molar-refractivity contribution in [3.05, 3.63) is 39.4 Å². The van der Waals surface area contributed by atoms with E-state index in [2.05, 4.69) is 15.9 Å². The van der Waals surface area contributed by atoms with Gasteiger partial charge in [0.25, 0.3) is 17.5 Å². The maximum atomic E-state index is 12.3. The van der Waals surface area contributed by atoms with Gasteiger partial charge in [0.2, 0.25) is 4.69 Å². The highest BCUT2D eigenvalue weighted by atomic mass is 79.9. The second-order valence-corrected chi connectivity index (χ2v) is 5.74. The molecule has 1 atom stereocenters. The molecule has 1 heterocycles. The number of fused-ring (bicyclic) bond motifs is 1. The molecule has 1 aliphatic heterocycles. The second kappa shape index (κ2) is 5.36. The van der Waals surface area contributed by atoms with Gasteiger partial charge in [-0.1, -0.05) is 13.8 Å². The Hall–Kier alpha value is -2.09. The lowest BCUT2D eigenvalue weighted by Crippen LogP contribution is -2.46. The summed E-state index contributed by atoms with van der Waals surface area (Å²) in [6, 6.07) is 2.51. The number of carbonyl (C=O) groups is 3. The van der Waals surface area contributed by atoms with Gasteiger partial charge in [0.1, 0.15) is 6.04 Å². The van der Waals surface area contributed by atoms with Crippen molar-refractivity contribution in [2.75, 3.05) is 0 Å². The van der Waals surface area contributed by atoms with Crippen molar-refractivity contribution in [1.82, 2.24) is 4.90 Å². The third kappa shape index (κ3) is 2.46. The summed E-state index contributed by atoms with van der Waals surface area (Å²) in [7, 11) is 0. The van der Waals surface area contributed by atoms with Gasteiger partial charge in [-0.3, -0.25) is 29.4 Å². The van der Waals surface area contributed by atoms with Crippen molar-refractivity contribution in [1.29, 1.82) is 0 Å². The topological polar surface area (TPSA) is 97.6 Å². The normalized spacial score (nSPS) is 15.3. The average molecular weight is 355 g/mol. The molecule has 2 rings (SSSR count). The van der Waals surface area contributed by atoms with Crippen LogP contribution in [0, 0.1) is 16.0 Å². The minimum Gasteiger partial charge on any atom is -0.284 e. The van der Waals surface area contributed by atoms with Crippen molar-refractivity contribution < 1.29 is 19.3 Å². The van der Waals surface area contributed by atoms with Gasteiger partial charge in [0.15, 0.2) is 0 Å². The van der Waals surface area contributed by atoms with E-state index in [9.17, 15) is 24.5 Å². The summed E-state index contributed by atoms with van der Waals surface area (Å²) in [5.41, 5.74) is -0.249. The zero-order valence-corrected chi connectivity index (χ0v) is 12.8. The van der Waals surface area contributed by atoms with Crippen LogP contribution in [0.1, 0.15) is 34.6 Å². The molecular formula is C13H11BrN2O5. The lowest BCUT2D eigenvalue weighted by Gasteiger charge is -2.26. The Morgan fingerprint density at radius 1 is 1.24 bits per heavy atom. The number of amides is 2. The van der Waals surface area contributed by atoms with Gasteiger partial charge < -0.3 is 0 Å². The van der Waals surface area contributed by atoms with Crippen LogP contribution in [0.25, 0.3) is 0 Å². The number of non-ortho nitro benzene ring substituents is 1. The fraction of sp³-hybridized carbons (Fsp3) is 0.308. The molecule has 0 saturated heterocycles. The Morgan fingerprint density at radius 2 is 1.81 bits per heavy atom. The van der Waals surface area contributed by atoms with E-state index in [4.69, 9.17) is 0 Å². The van der Waals surface area contributed by atoms with Crippen molar-refractivity contribution >= 4 is 38.1 Å². The Morgan fingerprint density at radius 3 is 2.29 bits per heavy atom. The molecule has 0 radical (unpaired) electrons. The van der Waals surface area contributed by atoms with Crippen LogP contribution >= 0.6 is 15.9 Å². The van der Waals surface area contributed by atoms with Crippen molar-refractivity contribution in [2.24, 2.45) is 5.92 Å². The second-order valence-electron chi connectivity index (χ2n) is 4.96. The predicted octanol–water partition coefficient (Wildman–Crippen LogP) is 2.14. The highest BCUT2D eigenvalue weighted by molar-refractivity contribution is 9.18. The number of halogens is 1. The Kier molecular flexibility index (Phi) is 3.91. The first kappa shape index (κ1) is 15.3. The lowest BCUT2D eigenvalue weighted by atomic mass is 10.0. The number of hydrogen-bond donors (Lipinski definition) is 0. The van der Waals surface area contributed by atoms with Crippen LogP contribution in [0.2, 0.25) is 0 Å². The summed E-state index contributed by atoms with van der Waals surface area (Å²) in [6.07, 6.45) is 0. The summed E-state index contributed by atoms with van der Waals surface area (Å²) < 4.78 is -0.485. The Balaban J connectivity index is 2.51. The van der Waals surface area contributed by atoms with E-state index in [0.29, 0.717) is 0 Å². The first-order chi connectivity index (χ1) is 9.75. The number of nitro groups is 1. The van der Waals surface area contributed by atoms with Crippen LogP contribution < -0.4 is 0 Å². The van der Waals surface area contributed by atoms with E-state index in [0.717, 1.165) is 17.0 Å². The van der Waals surface area contributed by atoms with Crippen LogP contribution in [-0.4, -0.2) is 32.4 Å². The van der Waals surface area contributed by atoms with Crippen molar-refractivity contribution in [3.8, 4) is 0 Å². The summed E-state index contributed by atoms with van der Waals surface area (Å²) in [5.74, 6) is -1.59. The maximum Gasteiger partial charge on any atom is 0.270 e. The van der Waals surface area contributed by atoms with Gasteiger partial charge in [-0.2, -0.15) is 0 Å². The first-order valence-electron chi connectivity index (χ1n) is 6.11. The molecule has 2 amide bonds. The quantitative estimate of drug-likeness (QED) is 0.357. The predicted molar refractivity (Wildman–Crippen MR) is 76.2 cm³/mol. The fourth-order valence-electron chi connectivity index (χ4n) is 2.28. The van der Waals surface area contributed by atoms with Gasteiger partial charge in [-0.25, -0.2) is 0 Å². The SMILES string of the molecule is CC(C)[C@H](C(=O)Br)N1C(=O)c2ccc([N+](=O)[O-])cc2C1=O. The molecule has 21 heavy (non-hydrogen) atoms. The van der Waals surface area contributed by atoms with E-state index in [1.807, 2.05) is 0 Å². The van der Waals surface area contributed by atoms with Crippen molar-refractivity contribution in [3.63, 3.8) is 0 Å². The van der Waals surface area contributed by atoms with E-state index in [1.54, 1.807) is 13.8 Å². The van der Waals surface area contributed by atoms with Gasteiger partial charge in [0, 0.05) is 12.1 Å². The minimum absolute atomic E-state index is 0.0476. The number of nitro benzene ring substituents is 1. The highest BCUT2D eigenvalue weighted by Gasteiger charge is 2.44. The smallest absolute Gasteiger partial charge is 0.270 e. The molecule has 1 aliphatic rings. The first-order valence-corrected chi connectivity index (χ1v) is 6.90. The average Bonchev–Trinajstić information content (AvgIpc) is 2.63. The highest BCUT2D eigenvalue weighted by Crippen LogP contribution is 2.30. The van der Waals surface area contributed by atoms with Crippen molar-refractivity contribution in [2.45, 2.75) is 19.9 Å². The Labute approximate surface area is 128 Å². The Bertz CT molecular complexity index is 671. The molecule has 0 fully saturated rings. The lowest BCUT2D eigenvalue weighted by molar-refractivity contribution is -0.384. The summed E-state index contributed by atoms with van der Waals surface area (Å²) >= 11 is 2.80. The van der Waals surface area contributed by atoms with Crippen LogP contribution in [0.4, 0.5) is 5.69 Å². The van der Waals surface area contributed by atoms with Crippen LogP contribution in [0.5, 0.6) is 0 Å². The third-order valence-electron chi connectivity index (χ3n) is 3.25. The number of rotatable bonds is 4. The monoisotopic (exact) mass is 354 g/mol. The molecule has 0 N–H and O–H groups in total. The fourth-order valence-corrected chi connectivity index (χ4v) is 3.01. The van der Waals surface area contributed by atoms with Gasteiger partial charge in [0.05, 0.1) is 16.1 Å². The molecule has 7 nitrogen and oxygen atoms in total. The molecule has 110 valence electrons. The van der Waals surface area contributed by atoms with E-state index in [1.165, 1.54) is 6.07 Å². The molecule has 0 saturated carbocycles. The largest absolute Gasteiger partial charge is 0.284 e. The van der Waals surface area contributed by atoms with E-state index in [-0.39, 0.29) is 22.7 Å². The minimum atomic E-state index is -0.948. The molecule has 0 spiro atoms. The molecule has 0 aliphatic carbocycles. The van der Waals surface area contributed by atoms with Gasteiger partial charge >= 0.3 is 0 Å². The maximum absolute atomic E-state index is 12.3. The third-order valence-corrected chi connectivity index (χ3v) is 3.72. The molecule has 8 heteroatoms. The van der Waals surface area contributed by atoms with Crippen LogP contribution in [0.3, 0.4) is 0 Å². The number of carbonyl (C=O) groups excluding carboxylic acids is 3.